The van der Waals surface area contributed by atoms with Gasteiger partial charge in [-0.25, -0.2) is 0 Å². The first-order chi connectivity index (χ1) is 15.3. The van der Waals surface area contributed by atoms with Crippen molar-refractivity contribution in [2.24, 2.45) is 0 Å². The highest BCUT2D eigenvalue weighted by atomic mass is 16.6. The summed E-state index contributed by atoms with van der Waals surface area (Å²) in [5, 5.41) is 0. The molecule has 0 aliphatic heterocycles. The van der Waals surface area contributed by atoms with Gasteiger partial charge in [-0.05, 0) is 12.1 Å². The van der Waals surface area contributed by atoms with Crippen molar-refractivity contribution in [1.82, 2.24) is 0 Å². The number of methoxy groups -OCH3 is 4. The SMILES string of the molecule is COc1cc(C=O)c(-c2c(C=O)cc(OC)c(OC(C)=O)c2OC)c(OC)c1OC(C)=O. The largest absolute Gasteiger partial charge is 0.493 e. The van der Waals surface area contributed by atoms with Crippen LogP contribution in [0.2, 0.25) is 0 Å². The molecule has 0 amide bonds. The number of hydrogen-bond acceptors (Lipinski definition) is 10. The fraction of sp³-hybridized carbons (Fsp3) is 0.273. The van der Waals surface area contributed by atoms with Crippen LogP contribution < -0.4 is 28.4 Å². The number of ether oxygens (including phenoxy) is 6. The van der Waals surface area contributed by atoms with Gasteiger partial charge in [-0.15, -0.1) is 0 Å². The molecule has 0 aromatic heterocycles. The minimum atomic E-state index is -0.677. The Morgan fingerprint density at radius 3 is 1.19 bits per heavy atom. The van der Waals surface area contributed by atoms with Gasteiger partial charge in [0.1, 0.15) is 0 Å². The highest BCUT2D eigenvalue weighted by Gasteiger charge is 2.30. The lowest BCUT2D eigenvalue weighted by molar-refractivity contribution is -0.133. The molecule has 0 saturated heterocycles. The second kappa shape index (κ2) is 10.3. The average Bonchev–Trinajstić information content (AvgIpc) is 2.77. The molecule has 0 atom stereocenters. The molecule has 0 unspecified atom stereocenters. The Morgan fingerprint density at radius 2 is 0.969 bits per heavy atom. The third kappa shape index (κ3) is 4.48. The lowest BCUT2D eigenvalue weighted by atomic mass is 9.92. The molecule has 2 aromatic carbocycles. The summed E-state index contributed by atoms with van der Waals surface area (Å²) in [5.74, 6) is -1.66. The molecule has 0 radical (unpaired) electrons. The summed E-state index contributed by atoms with van der Waals surface area (Å²) >= 11 is 0. The van der Waals surface area contributed by atoms with Crippen LogP contribution in [0.1, 0.15) is 34.6 Å². The Bertz CT molecular complexity index is 986. The Balaban J connectivity index is 3.13. The van der Waals surface area contributed by atoms with Crippen molar-refractivity contribution >= 4 is 24.5 Å². The second-order valence-electron chi connectivity index (χ2n) is 6.23. The molecule has 0 heterocycles. The van der Waals surface area contributed by atoms with Gasteiger partial charge in [0.15, 0.2) is 35.6 Å². The molecule has 0 aliphatic rings. The fourth-order valence-corrected chi connectivity index (χ4v) is 3.15. The predicted octanol–water partition coefficient (Wildman–Crippen LogP) is 2.86. The van der Waals surface area contributed by atoms with E-state index in [1.54, 1.807) is 0 Å². The van der Waals surface area contributed by atoms with Crippen LogP contribution in [-0.4, -0.2) is 53.0 Å². The van der Waals surface area contributed by atoms with Crippen LogP contribution in [-0.2, 0) is 9.59 Å². The van der Waals surface area contributed by atoms with Gasteiger partial charge in [0, 0.05) is 36.1 Å². The summed E-state index contributed by atoms with van der Waals surface area (Å²) < 4.78 is 31.9. The molecule has 0 N–H and O–H groups in total. The standard InChI is InChI=1S/C22H22O10/c1-11(25)31-19-15(27-3)7-13(9-23)17(21(19)29-5)18-14(10-24)8-16(28-4)20(22(18)30-6)32-12(2)26/h7-10H,1-6H3. The van der Waals surface area contributed by atoms with Crippen molar-refractivity contribution in [2.75, 3.05) is 28.4 Å². The number of carbonyl (C=O) groups excluding carboxylic acids is 4. The minimum absolute atomic E-state index is 0.0231. The van der Waals surface area contributed by atoms with Crippen molar-refractivity contribution in [2.45, 2.75) is 13.8 Å². The zero-order valence-corrected chi connectivity index (χ0v) is 18.4. The topological polar surface area (TPSA) is 124 Å². The van der Waals surface area contributed by atoms with Crippen molar-refractivity contribution in [3.63, 3.8) is 0 Å². The van der Waals surface area contributed by atoms with Crippen LogP contribution in [0.25, 0.3) is 11.1 Å². The van der Waals surface area contributed by atoms with E-state index in [1.165, 1.54) is 54.4 Å². The first-order valence-electron chi connectivity index (χ1n) is 9.13. The van der Waals surface area contributed by atoms with Crippen molar-refractivity contribution in [3.8, 4) is 45.6 Å². The molecule has 0 fully saturated rings. The number of esters is 2. The van der Waals surface area contributed by atoms with Gasteiger partial charge in [0.05, 0.1) is 28.4 Å². The van der Waals surface area contributed by atoms with E-state index < -0.39 is 11.9 Å². The van der Waals surface area contributed by atoms with Gasteiger partial charge >= 0.3 is 11.9 Å². The number of benzene rings is 2. The summed E-state index contributed by atoms with van der Waals surface area (Å²) in [6, 6.07) is 2.62. The molecule has 10 nitrogen and oxygen atoms in total. The summed E-state index contributed by atoms with van der Waals surface area (Å²) in [6.45, 7) is 2.35. The highest BCUT2D eigenvalue weighted by Crippen LogP contribution is 2.53. The van der Waals surface area contributed by atoms with Gasteiger partial charge in [-0.2, -0.15) is 0 Å². The van der Waals surface area contributed by atoms with Crippen LogP contribution in [0.5, 0.6) is 34.5 Å². The van der Waals surface area contributed by atoms with Crippen molar-refractivity contribution < 1.29 is 47.6 Å². The van der Waals surface area contributed by atoms with Crippen LogP contribution >= 0.6 is 0 Å². The third-order valence-corrected chi connectivity index (χ3v) is 4.31. The first-order valence-corrected chi connectivity index (χ1v) is 9.13. The smallest absolute Gasteiger partial charge is 0.308 e. The maximum absolute atomic E-state index is 12.0. The molecule has 10 heteroatoms. The van der Waals surface area contributed by atoms with Crippen LogP contribution in [0.3, 0.4) is 0 Å². The molecule has 0 aliphatic carbocycles. The number of rotatable bonds is 9. The number of aldehydes is 2. The highest BCUT2D eigenvalue weighted by molar-refractivity contribution is 6.02. The van der Waals surface area contributed by atoms with Gasteiger partial charge in [-0.1, -0.05) is 0 Å². The predicted molar refractivity (Wildman–Crippen MR) is 111 cm³/mol. The summed E-state index contributed by atoms with van der Waals surface area (Å²) in [5.41, 5.74) is 0.147. The third-order valence-electron chi connectivity index (χ3n) is 4.31. The van der Waals surface area contributed by atoms with E-state index in [4.69, 9.17) is 28.4 Å². The quantitative estimate of drug-likeness (QED) is 0.323. The molecule has 32 heavy (non-hydrogen) atoms. The zero-order chi connectivity index (χ0) is 24.0. The Morgan fingerprint density at radius 1 is 0.625 bits per heavy atom. The monoisotopic (exact) mass is 446 g/mol. The summed E-state index contributed by atoms with van der Waals surface area (Å²) in [7, 11) is 5.20. The second-order valence-corrected chi connectivity index (χ2v) is 6.23. The average molecular weight is 446 g/mol. The lowest BCUT2D eigenvalue weighted by Crippen LogP contribution is -2.10. The maximum atomic E-state index is 12.0. The van der Waals surface area contributed by atoms with E-state index in [1.807, 2.05) is 0 Å². The molecule has 2 aromatic rings. The minimum Gasteiger partial charge on any atom is -0.493 e. The van der Waals surface area contributed by atoms with Gasteiger partial charge in [-0.3, -0.25) is 19.2 Å². The molecular formula is C22H22O10. The molecule has 0 saturated carbocycles. The van der Waals surface area contributed by atoms with Gasteiger partial charge in [0.2, 0.25) is 11.5 Å². The summed E-state index contributed by atoms with van der Waals surface area (Å²) in [4.78, 5) is 47.4. The van der Waals surface area contributed by atoms with Crippen molar-refractivity contribution in [3.05, 3.63) is 23.3 Å². The maximum Gasteiger partial charge on any atom is 0.308 e. The molecular weight excluding hydrogens is 424 g/mol. The van der Waals surface area contributed by atoms with E-state index in [2.05, 4.69) is 0 Å². The molecule has 0 spiro atoms. The lowest BCUT2D eigenvalue weighted by Gasteiger charge is -2.22. The van der Waals surface area contributed by atoms with E-state index in [9.17, 15) is 19.2 Å². The van der Waals surface area contributed by atoms with Crippen LogP contribution in [0, 0.1) is 0 Å². The first kappa shape index (κ1) is 24.2. The van der Waals surface area contributed by atoms with Crippen LogP contribution in [0.4, 0.5) is 0 Å². The normalized spacial score (nSPS) is 10.1. The van der Waals surface area contributed by atoms with E-state index in [-0.39, 0.29) is 56.8 Å². The fourth-order valence-electron chi connectivity index (χ4n) is 3.15. The van der Waals surface area contributed by atoms with E-state index >= 15 is 0 Å². The van der Waals surface area contributed by atoms with Crippen molar-refractivity contribution in [1.29, 1.82) is 0 Å². The van der Waals surface area contributed by atoms with E-state index in [0.29, 0.717) is 12.6 Å². The van der Waals surface area contributed by atoms with Gasteiger partial charge < -0.3 is 28.4 Å². The molecule has 0 bridgehead atoms. The summed E-state index contributed by atoms with van der Waals surface area (Å²) in [6.07, 6.45) is 1.00. The Labute approximate surface area is 183 Å². The molecule has 2 rings (SSSR count). The Kier molecular flexibility index (Phi) is 7.78. The van der Waals surface area contributed by atoms with E-state index in [0.717, 1.165) is 0 Å². The molecule has 170 valence electrons. The van der Waals surface area contributed by atoms with Crippen LogP contribution in [0.15, 0.2) is 12.1 Å². The zero-order valence-electron chi connectivity index (χ0n) is 18.4. The van der Waals surface area contributed by atoms with Gasteiger partial charge in [0.25, 0.3) is 0 Å². The number of carbonyl (C=O) groups is 4. The number of hydrogen-bond donors (Lipinski definition) is 0. The Hall–Kier alpha value is -4.08.